The number of amides is 1. The lowest BCUT2D eigenvalue weighted by Crippen LogP contribution is -2.13. The number of carbonyl (C=O) groups excluding carboxylic acids is 2. The molecule has 0 atom stereocenters. The zero-order valence-electron chi connectivity index (χ0n) is 16.9. The molecule has 0 unspecified atom stereocenters. The lowest BCUT2D eigenvalue weighted by Gasteiger charge is -2.07. The van der Waals surface area contributed by atoms with Gasteiger partial charge in [-0.25, -0.2) is 4.79 Å². The van der Waals surface area contributed by atoms with Crippen LogP contribution in [0.15, 0.2) is 84.4 Å². The Morgan fingerprint density at radius 1 is 0.968 bits per heavy atom. The topological polar surface area (TPSA) is 88.4 Å². The van der Waals surface area contributed by atoms with Gasteiger partial charge in [-0.3, -0.25) is 4.79 Å². The van der Waals surface area contributed by atoms with E-state index >= 15 is 0 Å². The first-order valence-corrected chi connectivity index (χ1v) is 9.47. The van der Waals surface area contributed by atoms with Crippen LogP contribution in [0.4, 0.5) is 5.69 Å². The van der Waals surface area contributed by atoms with Crippen molar-refractivity contribution in [2.45, 2.75) is 6.61 Å². The quantitative estimate of drug-likeness (QED) is 0.348. The zero-order valence-corrected chi connectivity index (χ0v) is 16.9. The van der Waals surface area contributed by atoms with Gasteiger partial charge in [0, 0.05) is 5.69 Å². The Balaban J connectivity index is 1.63. The van der Waals surface area contributed by atoms with Gasteiger partial charge in [0.1, 0.15) is 24.0 Å². The van der Waals surface area contributed by atoms with Crippen LogP contribution in [0.2, 0.25) is 0 Å². The molecule has 0 saturated heterocycles. The average molecular weight is 412 g/mol. The molecule has 154 valence electrons. The van der Waals surface area contributed by atoms with Gasteiger partial charge in [-0.15, -0.1) is 0 Å². The highest BCUT2D eigenvalue weighted by atomic mass is 16.5. The van der Waals surface area contributed by atoms with Crippen LogP contribution >= 0.6 is 0 Å². The summed E-state index contributed by atoms with van der Waals surface area (Å²) in [6.07, 6.45) is 1.50. The minimum absolute atomic E-state index is 0.0463. The number of nitriles is 1. The van der Waals surface area contributed by atoms with Crippen molar-refractivity contribution in [2.24, 2.45) is 0 Å². The number of benzene rings is 3. The van der Waals surface area contributed by atoms with Gasteiger partial charge in [-0.1, -0.05) is 42.5 Å². The minimum Gasteiger partial charge on any atom is -0.489 e. The summed E-state index contributed by atoms with van der Waals surface area (Å²) in [7, 11) is 1.30. The van der Waals surface area contributed by atoms with Gasteiger partial charge in [-0.2, -0.15) is 5.26 Å². The molecule has 3 rings (SSSR count). The molecular formula is C25H20N2O4. The SMILES string of the molecule is COC(=O)c1ccc(NC(=O)/C(C#N)=C/c2ccc(OCc3ccccc3)cc2)cc1. The second-order valence-electron chi connectivity index (χ2n) is 6.54. The third-order valence-electron chi connectivity index (χ3n) is 4.37. The summed E-state index contributed by atoms with van der Waals surface area (Å²) < 4.78 is 10.4. The number of nitrogens with one attached hydrogen (secondary N) is 1. The first kappa shape index (κ1) is 21.3. The highest BCUT2D eigenvalue weighted by Gasteiger charge is 2.11. The maximum atomic E-state index is 12.4. The van der Waals surface area contributed by atoms with Crippen molar-refractivity contribution < 1.29 is 19.1 Å². The van der Waals surface area contributed by atoms with Crippen molar-refractivity contribution in [1.29, 1.82) is 5.26 Å². The van der Waals surface area contributed by atoms with Gasteiger partial charge in [0.25, 0.3) is 5.91 Å². The van der Waals surface area contributed by atoms with Gasteiger partial charge in [0.15, 0.2) is 0 Å². The molecule has 0 saturated carbocycles. The van der Waals surface area contributed by atoms with Gasteiger partial charge in [-0.05, 0) is 53.6 Å². The van der Waals surface area contributed by atoms with Gasteiger partial charge < -0.3 is 14.8 Å². The van der Waals surface area contributed by atoms with Crippen LogP contribution in [-0.2, 0) is 16.1 Å². The number of carbonyl (C=O) groups is 2. The second kappa shape index (κ2) is 10.4. The number of ether oxygens (including phenoxy) is 2. The van der Waals surface area contributed by atoms with Crippen LogP contribution in [0.25, 0.3) is 6.08 Å². The summed E-state index contributed by atoms with van der Waals surface area (Å²) in [4.78, 5) is 23.9. The fourth-order valence-electron chi connectivity index (χ4n) is 2.72. The van der Waals surface area contributed by atoms with Crippen molar-refractivity contribution in [1.82, 2.24) is 0 Å². The largest absolute Gasteiger partial charge is 0.489 e. The van der Waals surface area contributed by atoms with Crippen LogP contribution in [0.3, 0.4) is 0 Å². The summed E-state index contributed by atoms with van der Waals surface area (Å²) >= 11 is 0. The predicted molar refractivity (Wildman–Crippen MR) is 117 cm³/mol. The first-order valence-electron chi connectivity index (χ1n) is 9.47. The van der Waals surface area contributed by atoms with E-state index in [2.05, 4.69) is 10.1 Å². The molecule has 0 radical (unpaired) electrons. The molecule has 31 heavy (non-hydrogen) atoms. The molecule has 0 aromatic heterocycles. The van der Waals surface area contributed by atoms with Crippen LogP contribution in [0.5, 0.6) is 5.75 Å². The Hall–Kier alpha value is -4.37. The molecule has 0 aliphatic heterocycles. The Morgan fingerprint density at radius 3 is 2.26 bits per heavy atom. The van der Waals surface area contributed by atoms with Crippen LogP contribution in [-0.4, -0.2) is 19.0 Å². The molecule has 1 N–H and O–H groups in total. The van der Waals surface area contributed by atoms with Crippen LogP contribution < -0.4 is 10.1 Å². The summed E-state index contributed by atoms with van der Waals surface area (Å²) in [5, 5.41) is 12.0. The highest BCUT2D eigenvalue weighted by molar-refractivity contribution is 6.09. The molecule has 0 spiro atoms. The normalized spacial score (nSPS) is 10.6. The number of rotatable bonds is 7. The number of esters is 1. The van der Waals surface area contributed by atoms with E-state index in [-0.39, 0.29) is 5.57 Å². The second-order valence-corrected chi connectivity index (χ2v) is 6.54. The third-order valence-corrected chi connectivity index (χ3v) is 4.37. The summed E-state index contributed by atoms with van der Waals surface area (Å²) in [6, 6.07) is 25.1. The van der Waals surface area contributed by atoms with Crippen molar-refractivity contribution >= 4 is 23.6 Å². The molecule has 3 aromatic carbocycles. The molecule has 0 aliphatic rings. The van der Waals surface area contributed by atoms with Crippen molar-refractivity contribution in [3.05, 3.63) is 101 Å². The molecule has 6 heteroatoms. The Bertz CT molecular complexity index is 1110. The minimum atomic E-state index is -0.544. The Kier molecular flexibility index (Phi) is 7.17. The van der Waals surface area contributed by atoms with E-state index in [1.807, 2.05) is 36.4 Å². The van der Waals surface area contributed by atoms with Gasteiger partial charge in [0.2, 0.25) is 0 Å². The lowest BCUT2D eigenvalue weighted by molar-refractivity contribution is -0.112. The van der Waals surface area contributed by atoms with Crippen molar-refractivity contribution in [2.75, 3.05) is 12.4 Å². The molecule has 6 nitrogen and oxygen atoms in total. The predicted octanol–water partition coefficient (Wildman–Crippen LogP) is 4.60. The van der Waals surface area contributed by atoms with Crippen molar-refractivity contribution in [3.63, 3.8) is 0 Å². The van der Waals surface area contributed by atoms with E-state index < -0.39 is 11.9 Å². The number of methoxy groups -OCH3 is 1. The zero-order chi connectivity index (χ0) is 22.1. The van der Waals surface area contributed by atoms with E-state index in [1.165, 1.54) is 25.3 Å². The highest BCUT2D eigenvalue weighted by Crippen LogP contribution is 2.17. The summed E-state index contributed by atoms with van der Waals surface area (Å²) in [6.45, 7) is 0.455. The number of hydrogen-bond acceptors (Lipinski definition) is 5. The molecule has 0 heterocycles. The third kappa shape index (κ3) is 6.05. The lowest BCUT2D eigenvalue weighted by atomic mass is 10.1. The maximum absolute atomic E-state index is 12.4. The molecule has 3 aromatic rings. The monoisotopic (exact) mass is 412 g/mol. The van der Waals surface area contributed by atoms with E-state index in [0.29, 0.717) is 29.2 Å². The Morgan fingerprint density at radius 2 is 1.65 bits per heavy atom. The number of hydrogen-bond donors (Lipinski definition) is 1. The number of anilines is 1. The van der Waals surface area contributed by atoms with Gasteiger partial charge in [0.05, 0.1) is 12.7 Å². The fraction of sp³-hybridized carbons (Fsp3) is 0.0800. The summed E-state index contributed by atoms with van der Waals surface area (Å²) in [5.41, 5.74) is 2.54. The first-order chi connectivity index (χ1) is 15.1. The standard InChI is InChI=1S/C25H20N2O4/c1-30-25(29)20-9-11-22(12-10-20)27-24(28)21(16-26)15-18-7-13-23(14-8-18)31-17-19-5-3-2-4-6-19/h2-15H,17H2,1H3,(H,27,28)/b21-15+. The molecule has 0 bridgehead atoms. The average Bonchev–Trinajstić information content (AvgIpc) is 2.82. The van der Waals surface area contributed by atoms with E-state index in [4.69, 9.17) is 4.74 Å². The molecule has 0 fully saturated rings. The molecular weight excluding hydrogens is 392 g/mol. The summed E-state index contributed by atoms with van der Waals surface area (Å²) in [5.74, 6) is -0.320. The fourth-order valence-corrected chi connectivity index (χ4v) is 2.72. The van der Waals surface area contributed by atoms with Crippen molar-refractivity contribution in [3.8, 4) is 11.8 Å². The smallest absolute Gasteiger partial charge is 0.337 e. The van der Waals surface area contributed by atoms with Crippen LogP contribution in [0, 0.1) is 11.3 Å². The molecule has 1 amide bonds. The van der Waals surface area contributed by atoms with E-state index in [9.17, 15) is 14.9 Å². The Labute approximate surface area is 180 Å². The van der Waals surface area contributed by atoms with E-state index in [1.54, 1.807) is 36.4 Å². The maximum Gasteiger partial charge on any atom is 0.337 e. The van der Waals surface area contributed by atoms with Gasteiger partial charge >= 0.3 is 5.97 Å². The van der Waals surface area contributed by atoms with E-state index in [0.717, 1.165) is 5.56 Å². The number of nitrogens with zero attached hydrogens (tertiary/aromatic N) is 1. The van der Waals surface area contributed by atoms with Crippen LogP contribution in [0.1, 0.15) is 21.5 Å². The molecule has 0 aliphatic carbocycles.